The minimum Gasteiger partial charge on any atom is -0.467 e. The van der Waals surface area contributed by atoms with Gasteiger partial charge in [0.05, 0.1) is 25.5 Å². The van der Waals surface area contributed by atoms with Crippen molar-refractivity contribution >= 4 is 5.97 Å². The van der Waals surface area contributed by atoms with Gasteiger partial charge >= 0.3 is 5.97 Å². The molecular weight excluding hydrogens is 248 g/mol. The van der Waals surface area contributed by atoms with Crippen molar-refractivity contribution in [1.82, 2.24) is 9.88 Å². The third-order valence-corrected chi connectivity index (χ3v) is 3.23. The van der Waals surface area contributed by atoms with Crippen LogP contribution in [0.2, 0.25) is 0 Å². The van der Waals surface area contributed by atoms with Crippen LogP contribution >= 0.6 is 0 Å². The number of carbonyl (C=O) groups excluding carboxylic acids is 1. The van der Waals surface area contributed by atoms with Crippen LogP contribution in [0.4, 0.5) is 0 Å². The van der Waals surface area contributed by atoms with Crippen molar-refractivity contribution in [2.75, 3.05) is 20.2 Å². The standard InChI is InChI=1S/C13H20N2O4/c1-8-5-15(6-11(18-8)13(16)17-4)7-12-14-9(2)10(3)19-12/h8,11H,5-7H2,1-4H3/t8-,11+/m1/s1. The SMILES string of the molecule is COC(=O)[C@@H]1CN(Cc2nc(C)c(C)o2)C[C@@H](C)O1. The fraction of sp³-hybridized carbons (Fsp3) is 0.692. The number of carbonyl (C=O) groups is 1. The van der Waals surface area contributed by atoms with E-state index < -0.39 is 6.10 Å². The summed E-state index contributed by atoms with van der Waals surface area (Å²) in [5.41, 5.74) is 0.904. The summed E-state index contributed by atoms with van der Waals surface area (Å²) in [5.74, 6) is 1.17. The molecule has 19 heavy (non-hydrogen) atoms. The second-order valence-corrected chi connectivity index (χ2v) is 4.90. The Hall–Kier alpha value is -1.40. The normalized spacial score (nSPS) is 24.4. The van der Waals surface area contributed by atoms with Crippen LogP contribution in [0.25, 0.3) is 0 Å². The van der Waals surface area contributed by atoms with Crippen molar-refractivity contribution in [2.24, 2.45) is 0 Å². The smallest absolute Gasteiger partial charge is 0.336 e. The third kappa shape index (κ3) is 3.33. The highest BCUT2D eigenvalue weighted by Crippen LogP contribution is 2.16. The van der Waals surface area contributed by atoms with E-state index in [0.29, 0.717) is 19.0 Å². The lowest BCUT2D eigenvalue weighted by molar-refractivity contribution is -0.166. The number of hydrogen-bond acceptors (Lipinski definition) is 6. The van der Waals surface area contributed by atoms with E-state index in [9.17, 15) is 4.79 Å². The molecule has 0 amide bonds. The Morgan fingerprint density at radius 1 is 1.47 bits per heavy atom. The number of aromatic nitrogens is 1. The summed E-state index contributed by atoms with van der Waals surface area (Å²) in [6.45, 7) is 7.57. The van der Waals surface area contributed by atoms with Gasteiger partial charge in [-0.25, -0.2) is 9.78 Å². The van der Waals surface area contributed by atoms with Gasteiger partial charge in [-0.2, -0.15) is 0 Å². The summed E-state index contributed by atoms with van der Waals surface area (Å²) in [6, 6.07) is 0. The zero-order valence-corrected chi connectivity index (χ0v) is 11.8. The maximum atomic E-state index is 11.6. The zero-order valence-electron chi connectivity index (χ0n) is 11.8. The van der Waals surface area contributed by atoms with E-state index in [0.717, 1.165) is 18.0 Å². The molecule has 106 valence electrons. The van der Waals surface area contributed by atoms with Gasteiger partial charge in [-0.1, -0.05) is 0 Å². The number of aryl methyl sites for hydroxylation is 2. The van der Waals surface area contributed by atoms with E-state index in [1.165, 1.54) is 7.11 Å². The van der Waals surface area contributed by atoms with Crippen molar-refractivity contribution in [2.45, 2.75) is 39.5 Å². The van der Waals surface area contributed by atoms with E-state index in [1.54, 1.807) is 0 Å². The molecule has 1 aliphatic heterocycles. The highest BCUT2D eigenvalue weighted by Gasteiger charge is 2.31. The molecule has 2 rings (SSSR count). The highest BCUT2D eigenvalue weighted by molar-refractivity contribution is 5.74. The van der Waals surface area contributed by atoms with E-state index in [2.05, 4.69) is 9.88 Å². The van der Waals surface area contributed by atoms with Gasteiger partial charge in [0.25, 0.3) is 0 Å². The van der Waals surface area contributed by atoms with Gasteiger partial charge in [0, 0.05) is 13.1 Å². The van der Waals surface area contributed by atoms with E-state index in [-0.39, 0.29) is 12.1 Å². The van der Waals surface area contributed by atoms with Crippen LogP contribution in [0.1, 0.15) is 24.3 Å². The molecule has 1 aromatic heterocycles. The van der Waals surface area contributed by atoms with Crippen LogP contribution in [-0.4, -0.2) is 48.3 Å². The minimum atomic E-state index is -0.536. The predicted octanol–water partition coefficient (Wildman–Crippen LogP) is 1.05. The monoisotopic (exact) mass is 268 g/mol. The second kappa shape index (κ2) is 5.71. The number of morpholine rings is 1. The topological polar surface area (TPSA) is 64.8 Å². The summed E-state index contributed by atoms with van der Waals surface area (Å²) in [6.07, 6.45) is -0.555. The maximum Gasteiger partial charge on any atom is 0.336 e. The fourth-order valence-electron chi connectivity index (χ4n) is 2.23. The van der Waals surface area contributed by atoms with Crippen LogP contribution in [0, 0.1) is 13.8 Å². The van der Waals surface area contributed by atoms with Crippen LogP contribution in [0.15, 0.2) is 4.42 Å². The van der Waals surface area contributed by atoms with Crippen LogP contribution < -0.4 is 0 Å². The quantitative estimate of drug-likeness (QED) is 0.764. The average Bonchev–Trinajstić information content (AvgIpc) is 2.66. The molecular formula is C13H20N2O4. The molecule has 0 unspecified atom stereocenters. The summed E-state index contributed by atoms with van der Waals surface area (Å²) < 4.78 is 15.9. The zero-order chi connectivity index (χ0) is 14.0. The Morgan fingerprint density at radius 3 is 2.79 bits per heavy atom. The first kappa shape index (κ1) is 14.0. The molecule has 1 aromatic rings. The molecule has 0 aliphatic carbocycles. The lowest BCUT2D eigenvalue weighted by Crippen LogP contribution is -2.49. The molecule has 0 aromatic carbocycles. The maximum absolute atomic E-state index is 11.6. The van der Waals surface area contributed by atoms with Gasteiger partial charge in [0.1, 0.15) is 5.76 Å². The Kier molecular flexibility index (Phi) is 4.21. The number of oxazole rings is 1. The summed E-state index contributed by atoms with van der Waals surface area (Å²) in [5, 5.41) is 0. The largest absolute Gasteiger partial charge is 0.467 e. The molecule has 0 spiro atoms. The third-order valence-electron chi connectivity index (χ3n) is 3.23. The first-order valence-electron chi connectivity index (χ1n) is 6.38. The predicted molar refractivity (Wildman–Crippen MR) is 67.6 cm³/mol. The first-order chi connectivity index (χ1) is 8.99. The van der Waals surface area contributed by atoms with Gasteiger partial charge in [0.15, 0.2) is 6.10 Å². The number of rotatable bonds is 3. The lowest BCUT2D eigenvalue weighted by atomic mass is 10.2. The van der Waals surface area contributed by atoms with Gasteiger partial charge in [-0.15, -0.1) is 0 Å². The van der Waals surface area contributed by atoms with E-state index in [4.69, 9.17) is 13.9 Å². The molecule has 0 bridgehead atoms. The molecule has 2 heterocycles. The van der Waals surface area contributed by atoms with Gasteiger partial charge in [-0.3, -0.25) is 4.90 Å². The molecule has 1 aliphatic rings. The van der Waals surface area contributed by atoms with Crippen molar-refractivity contribution in [1.29, 1.82) is 0 Å². The molecule has 1 saturated heterocycles. The van der Waals surface area contributed by atoms with Gasteiger partial charge in [-0.05, 0) is 20.8 Å². The van der Waals surface area contributed by atoms with Crippen molar-refractivity contribution < 1.29 is 18.7 Å². The number of ether oxygens (including phenoxy) is 2. The van der Waals surface area contributed by atoms with Crippen LogP contribution in [0.5, 0.6) is 0 Å². The van der Waals surface area contributed by atoms with Crippen LogP contribution in [-0.2, 0) is 20.8 Å². The van der Waals surface area contributed by atoms with Gasteiger partial charge in [0.2, 0.25) is 5.89 Å². The van der Waals surface area contributed by atoms with E-state index in [1.807, 2.05) is 20.8 Å². The minimum absolute atomic E-state index is 0.0185. The van der Waals surface area contributed by atoms with Crippen molar-refractivity contribution in [3.05, 3.63) is 17.3 Å². The molecule has 0 saturated carbocycles. The molecule has 6 nitrogen and oxygen atoms in total. The Labute approximate surface area is 112 Å². The highest BCUT2D eigenvalue weighted by atomic mass is 16.6. The molecule has 2 atom stereocenters. The molecule has 6 heteroatoms. The first-order valence-corrected chi connectivity index (χ1v) is 6.38. The number of esters is 1. The molecule has 0 radical (unpaired) electrons. The van der Waals surface area contributed by atoms with E-state index >= 15 is 0 Å². The Morgan fingerprint density at radius 2 is 2.21 bits per heavy atom. The average molecular weight is 268 g/mol. The van der Waals surface area contributed by atoms with Crippen LogP contribution in [0.3, 0.4) is 0 Å². The number of hydrogen-bond donors (Lipinski definition) is 0. The Bertz CT molecular complexity index is 438. The number of methoxy groups -OCH3 is 1. The summed E-state index contributed by atoms with van der Waals surface area (Å²) >= 11 is 0. The summed E-state index contributed by atoms with van der Waals surface area (Å²) in [4.78, 5) is 18.0. The second-order valence-electron chi connectivity index (χ2n) is 4.90. The van der Waals surface area contributed by atoms with Crippen molar-refractivity contribution in [3.63, 3.8) is 0 Å². The Balaban J connectivity index is 2.01. The van der Waals surface area contributed by atoms with Crippen molar-refractivity contribution in [3.8, 4) is 0 Å². The lowest BCUT2D eigenvalue weighted by Gasteiger charge is -2.34. The summed E-state index contributed by atoms with van der Waals surface area (Å²) in [7, 11) is 1.37. The fourth-order valence-corrected chi connectivity index (χ4v) is 2.23. The number of nitrogens with zero attached hydrogens (tertiary/aromatic N) is 2. The van der Waals surface area contributed by atoms with Gasteiger partial charge < -0.3 is 13.9 Å². The molecule has 1 fully saturated rings. The molecule has 0 N–H and O–H groups in total.